The molecule has 0 bridgehead atoms. The van der Waals surface area contributed by atoms with Crippen molar-refractivity contribution in [1.29, 1.82) is 0 Å². The number of para-hydroxylation sites is 1. The molecule has 33 heavy (non-hydrogen) atoms. The first-order chi connectivity index (χ1) is 16.0. The van der Waals surface area contributed by atoms with Crippen molar-refractivity contribution < 1.29 is 14.0 Å². The molecule has 0 unspecified atom stereocenters. The number of nitrogens with one attached hydrogen (secondary N) is 1. The van der Waals surface area contributed by atoms with Gasteiger partial charge in [0.25, 0.3) is 5.91 Å². The molecule has 2 heterocycles. The summed E-state index contributed by atoms with van der Waals surface area (Å²) < 4.78 is 15.6. The van der Waals surface area contributed by atoms with E-state index in [1.807, 2.05) is 41.8 Å². The molecule has 1 N–H and O–H groups in total. The lowest BCUT2D eigenvalue weighted by Crippen LogP contribution is -2.65. The van der Waals surface area contributed by atoms with Crippen molar-refractivity contribution in [2.45, 2.75) is 70.0 Å². The zero-order valence-corrected chi connectivity index (χ0v) is 19.0. The molecule has 5 rings (SSSR count). The van der Waals surface area contributed by atoms with Gasteiger partial charge in [0, 0.05) is 22.6 Å². The number of hydrogen-bond acceptors (Lipinski definition) is 2. The number of halogens is 1. The molecule has 1 atom stereocenters. The summed E-state index contributed by atoms with van der Waals surface area (Å²) in [4.78, 5) is 29.2. The fourth-order valence-corrected chi connectivity index (χ4v) is 5.38. The highest BCUT2D eigenvalue weighted by Gasteiger charge is 2.49. The van der Waals surface area contributed by atoms with Crippen LogP contribution in [0, 0.1) is 5.82 Å². The van der Waals surface area contributed by atoms with Crippen LogP contribution in [-0.2, 0) is 11.3 Å². The number of amides is 2. The maximum atomic E-state index is 13.9. The average molecular weight is 448 g/mol. The fourth-order valence-electron chi connectivity index (χ4n) is 5.38. The normalized spacial score (nSPS) is 22.0. The van der Waals surface area contributed by atoms with Crippen LogP contribution in [0.2, 0.25) is 0 Å². The predicted octanol–water partition coefficient (Wildman–Crippen LogP) is 5.43. The first-order valence-corrected chi connectivity index (χ1v) is 12.0. The molecule has 1 aliphatic carbocycles. The van der Waals surface area contributed by atoms with Crippen LogP contribution in [0.25, 0.3) is 10.9 Å². The highest BCUT2D eigenvalue weighted by Crippen LogP contribution is 2.36. The highest BCUT2D eigenvalue weighted by molar-refractivity contribution is 6.14. The largest absolute Gasteiger partial charge is 0.351 e. The van der Waals surface area contributed by atoms with Crippen LogP contribution < -0.4 is 10.2 Å². The molecule has 3 aromatic rings. The van der Waals surface area contributed by atoms with Crippen LogP contribution in [0.15, 0.2) is 54.6 Å². The van der Waals surface area contributed by atoms with Crippen molar-refractivity contribution in [3.8, 4) is 0 Å². The summed E-state index contributed by atoms with van der Waals surface area (Å²) in [7, 11) is 0. The number of carbonyl (C=O) groups excluding carboxylic acids is 2. The van der Waals surface area contributed by atoms with Crippen LogP contribution in [0.3, 0.4) is 0 Å². The van der Waals surface area contributed by atoms with Crippen molar-refractivity contribution in [3.05, 3.63) is 66.1 Å². The lowest BCUT2D eigenvalue weighted by Gasteiger charge is -2.44. The molecule has 0 spiro atoms. The number of nitrogens with zero attached hydrogens (tertiary/aromatic N) is 2. The highest BCUT2D eigenvalue weighted by atomic mass is 19.1. The van der Waals surface area contributed by atoms with E-state index < -0.39 is 5.54 Å². The molecule has 6 heteroatoms. The van der Waals surface area contributed by atoms with Gasteiger partial charge in [0.15, 0.2) is 0 Å². The van der Waals surface area contributed by atoms with E-state index in [-0.39, 0.29) is 23.7 Å². The van der Waals surface area contributed by atoms with E-state index in [2.05, 4.69) is 5.32 Å². The number of fused-ring (bicyclic) bond motifs is 3. The van der Waals surface area contributed by atoms with Crippen LogP contribution in [0.1, 0.15) is 62.4 Å². The van der Waals surface area contributed by atoms with Gasteiger partial charge in [0.2, 0.25) is 5.91 Å². The van der Waals surface area contributed by atoms with Gasteiger partial charge in [-0.25, -0.2) is 4.39 Å². The Morgan fingerprint density at radius 2 is 1.67 bits per heavy atom. The topological polar surface area (TPSA) is 54.3 Å². The first kappa shape index (κ1) is 21.7. The van der Waals surface area contributed by atoms with Crippen LogP contribution in [0.5, 0.6) is 0 Å². The van der Waals surface area contributed by atoms with Crippen molar-refractivity contribution in [2.75, 3.05) is 4.90 Å². The zero-order chi connectivity index (χ0) is 23.0. The molecule has 5 nitrogen and oxygen atoms in total. The molecule has 1 aromatic heterocycles. The van der Waals surface area contributed by atoms with Gasteiger partial charge >= 0.3 is 0 Å². The minimum atomic E-state index is -1.15. The second-order valence-corrected chi connectivity index (χ2v) is 9.58. The van der Waals surface area contributed by atoms with E-state index in [0.717, 1.165) is 36.6 Å². The predicted molar refractivity (Wildman–Crippen MR) is 128 cm³/mol. The average Bonchev–Trinajstić information content (AvgIpc) is 3.15. The maximum absolute atomic E-state index is 13.9. The summed E-state index contributed by atoms with van der Waals surface area (Å²) in [6, 6.07) is 15.6. The maximum Gasteiger partial charge on any atom is 0.275 e. The van der Waals surface area contributed by atoms with Crippen molar-refractivity contribution >= 4 is 28.4 Å². The van der Waals surface area contributed by atoms with Gasteiger partial charge < -0.3 is 9.88 Å². The van der Waals surface area contributed by atoms with Crippen LogP contribution in [-0.4, -0.2) is 28.0 Å². The smallest absolute Gasteiger partial charge is 0.275 e. The van der Waals surface area contributed by atoms with Crippen LogP contribution in [0.4, 0.5) is 10.1 Å². The van der Waals surface area contributed by atoms with Crippen LogP contribution >= 0.6 is 0 Å². The van der Waals surface area contributed by atoms with E-state index in [1.165, 1.54) is 31.4 Å². The molecule has 1 fully saturated rings. The van der Waals surface area contributed by atoms with E-state index in [1.54, 1.807) is 17.0 Å². The lowest BCUT2D eigenvalue weighted by molar-refractivity contribution is -0.127. The second-order valence-electron chi connectivity index (χ2n) is 9.58. The molecule has 1 aliphatic heterocycles. The van der Waals surface area contributed by atoms with E-state index in [4.69, 9.17) is 0 Å². The summed E-state index contributed by atoms with van der Waals surface area (Å²) in [5, 5.41) is 4.24. The van der Waals surface area contributed by atoms with E-state index in [9.17, 15) is 14.0 Å². The Morgan fingerprint density at radius 1 is 1.00 bits per heavy atom. The Hall–Kier alpha value is -3.15. The lowest BCUT2D eigenvalue weighted by atomic mass is 9.91. The summed E-state index contributed by atoms with van der Waals surface area (Å²) >= 11 is 0. The summed E-state index contributed by atoms with van der Waals surface area (Å²) in [5.41, 5.74) is 0.848. The molecule has 2 aliphatic rings. The third-order valence-corrected chi connectivity index (χ3v) is 7.21. The molecule has 0 radical (unpaired) electrons. The second kappa shape index (κ2) is 8.65. The molecule has 2 amide bonds. The first-order valence-electron chi connectivity index (χ1n) is 12.0. The van der Waals surface area contributed by atoms with Crippen molar-refractivity contribution in [1.82, 2.24) is 9.88 Å². The number of anilines is 1. The fraction of sp³-hybridized carbons (Fsp3) is 0.407. The summed E-state index contributed by atoms with van der Waals surface area (Å²) in [5.74, 6) is -0.786. The summed E-state index contributed by atoms with van der Waals surface area (Å²) in [6.45, 7) is 2.15. The minimum Gasteiger partial charge on any atom is -0.351 e. The van der Waals surface area contributed by atoms with Gasteiger partial charge in [-0.15, -0.1) is 0 Å². The standard InChI is InChI=1S/C27H30FN3O2/c1-27(26(33)29-21-10-5-3-2-4-6-11-21)18-30-23-12-8-7-9-19(23)17-24(30)25(32)31(27)22-15-13-20(28)14-16-22/h7-9,12-17,21H,2-6,10-11,18H2,1H3,(H,29,33)/t27-/m0/s1. The quantitative estimate of drug-likeness (QED) is 0.582. The van der Waals surface area contributed by atoms with Crippen molar-refractivity contribution in [2.24, 2.45) is 0 Å². The van der Waals surface area contributed by atoms with Gasteiger partial charge in [0.1, 0.15) is 17.1 Å². The number of carbonyl (C=O) groups is 2. The van der Waals surface area contributed by atoms with Gasteiger partial charge in [-0.3, -0.25) is 14.5 Å². The molecular formula is C27H30FN3O2. The Kier molecular flexibility index (Phi) is 5.69. The monoisotopic (exact) mass is 447 g/mol. The van der Waals surface area contributed by atoms with Crippen molar-refractivity contribution in [3.63, 3.8) is 0 Å². The third kappa shape index (κ3) is 3.92. The number of hydrogen-bond donors (Lipinski definition) is 1. The molecular weight excluding hydrogens is 417 g/mol. The SMILES string of the molecule is C[C@@]1(C(=O)NC2CCCCCCC2)Cn2c(cc3ccccc32)C(=O)N1c1ccc(F)cc1. The minimum absolute atomic E-state index is 0.114. The Morgan fingerprint density at radius 3 is 2.39 bits per heavy atom. The van der Waals surface area contributed by atoms with Gasteiger partial charge in [0.05, 0.1) is 6.54 Å². The number of aromatic nitrogens is 1. The van der Waals surface area contributed by atoms with Gasteiger partial charge in [-0.1, -0.05) is 50.3 Å². The molecule has 1 saturated carbocycles. The van der Waals surface area contributed by atoms with Gasteiger partial charge in [-0.05, 0) is 56.2 Å². The van der Waals surface area contributed by atoms with Gasteiger partial charge in [-0.2, -0.15) is 0 Å². The number of rotatable bonds is 3. The van der Waals surface area contributed by atoms with E-state index in [0.29, 0.717) is 17.9 Å². The zero-order valence-electron chi connectivity index (χ0n) is 19.0. The Labute approximate surface area is 193 Å². The summed E-state index contributed by atoms with van der Waals surface area (Å²) in [6.07, 6.45) is 7.79. The Bertz CT molecular complexity index is 1180. The third-order valence-electron chi connectivity index (χ3n) is 7.21. The Balaban J connectivity index is 1.56. The van der Waals surface area contributed by atoms with E-state index >= 15 is 0 Å². The molecule has 172 valence electrons. The number of benzene rings is 2. The molecule has 0 saturated heterocycles. The molecule has 2 aromatic carbocycles.